The van der Waals surface area contributed by atoms with Crippen LogP contribution in [0.1, 0.15) is 46.2 Å². The van der Waals surface area contributed by atoms with Crippen LogP contribution >= 0.6 is 11.3 Å². The number of methoxy groups -OCH3 is 1. The van der Waals surface area contributed by atoms with E-state index in [1.165, 1.54) is 41.0 Å². The average molecular weight is 454 g/mol. The smallest absolute Gasteiger partial charge is 0.357 e. The normalized spacial score (nSPS) is 19.9. The second-order valence-electron chi connectivity index (χ2n) is 8.13. The lowest BCUT2D eigenvalue weighted by Gasteiger charge is -2.58. The molecule has 1 unspecified atom stereocenters. The zero-order valence-electron chi connectivity index (χ0n) is 17.0. The molecule has 0 bridgehead atoms. The molecule has 4 rings (SSSR count). The average Bonchev–Trinajstić information content (AvgIpc) is 3.03. The summed E-state index contributed by atoms with van der Waals surface area (Å²) < 4.78 is 45.4. The molecule has 7 nitrogen and oxygen atoms in total. The number of aromatic nitrogens is 1. The van der Waals surface area contributed by atoms with E-state index >= 15 is 0 Å². The molecule has 0 radical (unpaired) electrons. The van der Waals surface area contributed by atoms with Gasteiger partial charge in [-0.15, -0.1) is 11.3 Å². The number of ether oxygens (including phenoxy) is 1. The Morgan fingerprint density at radius 3 is 2.67 bits per heavy atom. The van der Waals surface area contributed by atoms with Gasteiger partial charge < -0.3 is 10.1 Å². The number of hydrogen-bond donors (Lipinski definition) is 1. The quantitative estimate of drug-likeness (QED) is 0.677. The van der Waals surface area contributed by atoms with E-state index in [9.17, 15) is 17.6 Å². The number of nitrogens with one attached hydrogen (secondary N) is 1. The fourth-order valence-electron chi connectivity index (χ4n) is 4.43. The number of nitrogens with zero attached hydrogens (tertiary/aromatic N) is 2. The van der Waals surface area contributed by atoms with E-state index in [1.54, 1.807) is 0 Å². The number of carbonyl (C=O) groups excluding carboxylic acids is 1. The third-order valence-corrected chi connectivity index (χ3v) is 8.83. The molecule has 10 heteroatoms. The summed E-state index contributed by atoms with van der Waals surface area (Å²) in [6.07, 6.45) is 1.68. The first-order chi connectivity index (χ1) is 14.1. The summed E-state index contributed by atoms with van der Waals surface area (Å²) >= 11 is 1.47. The largest absolute Gasteiger partial charge is 0.464 e. The van der Waals surface area contributed by atoms with Crippen LogP contribution in [0.15, 0.2) is 29.2 Å². The fraction of sp³-hybridized carbons (Fsp3) is 0.500. The fourth-order valence-corrected chi connectivity index (χ4v) is 7.09. The molecular formula is C20H24FN3O4S2. The summed E-state index contributed by atoms with van der Waals surface area (Å²) in [7, 11) is -2.46. The highest BCUT2D eigenvalue weighted by Gasteiger charge is 2.56. The van der Waals surface area contributed by atoms with Crippen LogP contribution < -0.4 is 5.32 Å². The van der Waals surface area contributed by atoms with Gasteiger partial charge in [0.05, 0.1) is 17.0 Å². The molecule has 1 saturated heterocycles. The lowest BCUT2D eigenvalue weighted by atomic mass is 9.61. The van der Waals surface area contributed by atoms with Crippen molar-refractivity contribution in [2.45, 2.75) is 43.7 Å². The van der Waals surface area contributed by atoms with Crippen LogP contribution in [0.5, 0.6) is 0 Å². The van der Waals surface area contributed by atoms with Crippen molar-refractivity contribution < 1.29 is 22.3 Å². The van der Waals surface area contributed by atoms with Gasteiger partial charge >= 0.3 is 5.97 Å². The summed E-state index contributed by atoms with van der Waals surface area (Å²) in [5.74, 6) is -1.16. The van der Waals surface area contributed by atoms with Crippen molar-refractivity contribution in [1.82, 2.24) is 14.6 Å². The summed E-state index contributed by atoms with van der Waals surface area (Å²) in [5.41, 5.74) is 0.296. The summed E-state index contributed by atoms with van der Waals surface area (Å²) in [6, 6.07) is 5.64. The first-order valence-electron chi connectivity index (χ1n) is 9.71. The van der Waals surface area contributed by atoms with Gasteiger partial charge in [-0.3, -0.25) is 0 Å². The van der Waals surface area contributed by atoms with Gasteiger partial charge in [-0.1, -0.05) is 12.1 Å². The van der Waals surface area contributed by atoms with Gasteiger partial charge in [0.2, 0.25) is 10.0 Å². The van der Waals surface area contributed by atoms with Crippen molar-refractivity contribution in [3.63, 3.8) is 0 Å². The van der Waals surface area contributed by atoms with Gasteiger partial charge in [-0.25, -0.2) is 22.6 Å². The zero-order chi connectivity index (χ0) is 21.7. The molecule has 1 atom stereocenters. The predicted octanol–water partition coefficient (Wildman–Crippen LogP) is 2.88. The predicted molar refractivity (Wildman–Crippen MR) is 110 cm³/mol. The second kappa shape index (κ2) is 7.67. The Morgan fingerprint density at radius 2 is 2.03 bits per heavy atom. The Bertz CT molecular complexity index is 1070. The SMILES string of the molecule is COC(=O)c1nc(C)sc1C(C)NC1CC2(C1)CN(S(=O)(=O)c1ccccc1F)C2. The minimum Gasteiger partial charge on any atom is -0.464 e. The van der Waals surface area contributed by atoms with Gasteiger partial charge in [-0.05, 0) is 38.8 Å². The van der Waals surface area contributed by atoms with E-state index in [0.717, 1.165) is 28.8 Å². The van der Waals surface area contributed by atoms with Crippen molar-refractivity contribution in [2.24, 2.45) is 5.41 Å². The number of halogens is 1. The maximum absolute atomic E-state index is 13.9. The Balaban J connectivity index is 1.35. The van der Waals surface area contributed by atoms with Gasteiger partial charge in [-0.2, -0.15) is 4.31 Å². The molecule has 1 aliphatic heterocycles. The second-order valence-corrected chi connectivity index (χ2v) is 11.3. The molecule has 1 aromatic heterocycles. The Kier molecular flexibility index (Phi) is 5.46. The van der Waals surface area contributed by atoms with Crippen molar-refractivity contribution in [2.75, 3.05) is 20.2 Å². The van der Waals surface area contributed by atoms with Crippen LogP contribution in [0.4, 0.5) is 4.39 Å². The van der Waals surface area contributed by atoms with Gasteiger partial charge in [0.1, 0.15) is 10.7 Å². The molecule has 1 aromatic carbocycles. The number of hydrogen-bond acceptors (Lipinski definition) is 7. The highest BCUT2D eigenvalue weighted by molar-refractivity contribution is 7.89. The third kappa shape index (κ3) is 3.66. The lowest BCUT2D eigenvalue weighted by molar-refractivity contribution is -0.0363. The molecule has 2 fully saturated rings. The minimum atomic E-state index is -3.80. The molecule has 30 heavy (non-hydrogen) atoms. The van der Waals surface area contributed by atoms with Crippen molar-refractivity contribution in [3.05, 3.63) is 45.7 Å². The number of esters is 1. The van der Waals surface area contributed by atoms with Crippen molar-refractivity contribution in [1.29, 1.82) is 0 Å². The van der Waals surface area contributed by atoms with Crippen LogP contribution in [0.3, 0.4) is 0 Å². The molecular weight excluding hydrogens is 429 g/mol. The van der Waals surface area contributed by atoms with Gasteiger partial charge in [0.15, 0.2) is 5.69 Å². The van der Waals surface area contributed by atoms with Crippen molar-refractivity contribution in [3.8, 4) is 0 Å². The number of aryl methyl sites for hydroxylation is 1. The molecule has 0 amide bonds. The van der Waals surface area contributed by atoms with E-state index in [1.807, 2.05) is 13.8 Å². The number of thiazole rings is 1. The molecule has 1 aliphatic carbocycles. The number of rotatable bonds is 6. The Hall–Kier alpha value is -1.88. The number of benzene rings is 1. The van der Waals surface area contributed by atoms with Crippen LogP contribution in [0, 0.1) is 18.2 Å². The van der Waals surface area contributed by atoms with Crippen LogP contribution in [0.2, 0.25) is 0 Å². The van der Waals surface area contributed by atoms with Gasteiger partial charge in [0.25, 0.3) is 0 Å². The molecule has 1 spiro atoms. The highest BCUT2D eigenvalue weighted by Crippen LogP contribution is 2.50. The molecule has 162 valence electrons. The number of sulfonamides is 1. The van der Waals surface area contributed by atoms with Gasteiger partial charge in [0, 0.05) is 30.6 Å². The first-order valence-corrected chi connectivity index (χ1v) is 12.0. The van der Waals surface area contributed by atoms with Crippen LogP contribution in [0.25, 0.3) is 0 Å². The Morgan fingerprint density at radius 1 is 1.37 bits per heavy atom. The lowest BCUT2D eigenvalue weighted by Crippen LogP contribution is -2.67. The minimum absolute atomic E-state index is 0.0511. The molecule has 2 aliphatic rings. The van der Waals surface area contributed by atoms with E-state index in [-0.39, 0.29) is 22.4 Å². The monoisotopic (exact) mass is 453 g/mol. The van der Waals surface area contributed by atoms with E-state index in [4.69, 9.17) is 4.74 Å². The molecule has 1 N–H and O–H groups in total. The summed E-state index contributed by atoms with van der Waals surface area (Å²) in [4.78, 5) is 16.8. The van der Waals surface area contributed by atoms with E-state index in [2.05, 4.69) is 10.3 Å². The van der Waals surface area contributed by atoms with Crippen LogP contribution in [-0.4, -0.2) is 49.9 Å². The summed E-state index contributed by atoms with van der Waals surface area (Å²) in [5, 5.41) is 4.32. The maximum atomic E-state index is 13.9. The summed E-state index contributed by atoms with van der Waals surface area (Å²) in [6.45, 7) is 4.65. The third-order valence-electron chi connectivity index (χ3n) is 5.85. The molecule has 2 heterocycles. The van der Waals surface area contributed by atoms with E-state index in [0.29, 0.717) is 18.8 Å². The van der Waals surface area contributed by atoms with Crippen molar-refractivity contribution >= 4 is 27.3 Å². The first kappa shape index (κ1) is 21.4. The highest BCUT2D eigenvalue weighted by atomic mass is 32.2. The Labute approximate surface area is 179 Å². The molecule has 1 saturated carbocycles. The zero-order valence-corrected chi connectivity index (χ0v) is 18.6. The maximum Gasteiger partial charge on any atom is 0.357 e. The molecule has 2 aromatic rings. The number of carbonyl (C=O) groups is 1. The standard InChI is InChI=1S/C20H24FN3O4S2/c1-12(18-17(19(25)28-3)23-13(2)29-18)22-14-8-20(9-14)10-24(11-20)30(26,27)16-7-5-4-6-15(16)21/h4-7,12,14,22H,8-11H2,1-3H3. The van der Waals surface area contributed by atoms with Crippen LogP contribution in [-0.2, 0) is 14.8 Å². The topological polar surface area (TPSA) is 88.6 Å². The van der Waals surface area contributed by atoms with E-state index < -0.39 is 21.8 Å².